The Balaban J connectivity index is 1.58. The predicted octanol–water partition coefficient (Wildman–Crippen LogP) is 1.28. The highest BCUT2D eigenvalue weighted by Crippen LogP contribution is 2.23. The molecule has 1 aromatic rings. The van der Waals surface area contributed by atoms with Gasteiger partial charge in [-0.1, -0.05) is 0 Å². The van der Waals surface area contributed by atoms with Crippen LogP contribution in [0.2, 0.25) is 0 Å². The summed E-state index contributed by atoms with van der Waals surface area (Å²) in [5.41, 5.74) is 0.876. The molecule has 0 bridgehead atoms. The topological polar surface area (TPSA) is 75.6 Å². The van der Waals surface area contributed by atoms with Gasteiger partial charge in [0.1, 0.15) is 11.9 Å². The highest BCUT2D eigenvalue weighted by Gasteiger charge is 2.34. The van der Waals surface area contributed by atoms with Gasteiger partial charge < -0.3 is 4.74 Å². The van der Waals surface area contributed by atoms with Crippen LogP contribution in [-0.4, -0.2) is 59.3 Å². The first-order valence-corrected chi connectivity index (χ1v) is 9.59. The van der Waals surface area contributed by atoms with Gasteiger partial charge in [0.15, 0.2) is 0 Å². The molecule has 2 saturated heterocycles. The maximum absolute atomic E-state index is 12.5. The molecule has 0 aromatic carbocycles. The van der Waals surface area contributed by atoms with Crippen molar-refractivity contribution in [2.45, 2.75) is 45.6 Å². The second-order valence-electron chi connectivity index (χ2n) is 6.22. The summed E-state index contributed by atoms with van der Waals surface area (Å²) in [5, 5.41) is 0. The molecule has 0 saturated carbocycles. The predicted molar refractivity (Wildman–Crippen MR) is 86.5 cm³/mol. The number of aryl methyl sites for hydroxylation is 2. The lowest BCUT2D eigenvalue weighted by molar-refractivity contribution is 0.127. The minimum absolute atomic E-state index is 0.00808. The van der Waals surface area contributed by atoms with E-state index in [2.05, 4.69) is 9.97 Å². The van der Waals surface area contributed by atoms with Crippen LogP contribution < -0.4 is 4.74 Å². The Morgan fingerprint density at radius 2 is 1.65 bits per heavy atom. The largest absolute Gasteiger partial charge is 0.474 e. The van der Waals surface area contributed by atoms with Gasteiger partial charge in [-0.2, -0.15) is 22.0 Å². The van der Waals surface area contributed by atoms with E-state index in [-0.39, 0.29) is 6.10 Å². The lowest BCUT2D eigenvalue weighted by Gasteiger charge is -2.33. The summed E-state index contributed by atoms with van der Waals surface area (Å²) in [4.78, 5) is 8.52. The Kier molecular flexibility index (Phi) is 4.84. The molecule has 0 atom stereocenters. The van der Waals surface area contributed by atoms with Crippen molar-refractivity contribution in [1.29, 1.82) is 0 Å². The summed E-state index contributed by atoms with van der Waals surface area (Å²) in [5.74, 6) is 1.27. The van der Waals surface area contributed by atoms with E-state index in [1.54, 1.807) is 8.61 Å². The van der Waals surface area contributed by atoms with Crippen LogP contribution in [0.25, 0.3) is 0 Å². The van der Waals surface area contributed by atoms with Crippen molar-refractivity contribution in [2.75, 3.05) is 26.2 Å². The minimum atomic E-state index is -3.29. The summed E-state index contributed by atoms with van der Waals surface area (Å²) in [6.45, 7) is 6.06. The van der Waals surface area contributed by atoms with Gasteiger partial charge in [0, 0.05) is 37.9 Å². The number of rotatable bonds is 4. The van der Waals surface area contributed by atoms with Crippen molar-refractivity contribution >= 4 is 10.2 Å². The minimum Gasteiger partial charge on any atom is -0.474 e. The number of piperidine rings is 1. The van der Waals surface area contributed by atoms with Crippen molar-refractivity contribution in [3.63, 3.8) is 0 Å². The normalized spacial score (nSPS) is 21.7. The highest BCUT2D eigenvalue weighted by atomic mass is 32.2. The van der Waals surface area contributed by atoms with Crippen LogP contribution in [0, 0.1) is 13.8 Å². The first kappa shape index (κ1) is 16.6. The molecule has 0 radical (unpaired) electrons. The molecule has 0 N–H and O–H groups in total. The summed E-state index contributed by atoms with van der Waals surface area (Å²) in [7, 11) is -3.29. The molecular formula is C15H24N4O3S. The Hall–Kier alpha value is -1.25. The number of hydrogen-bond acceptors (Lipinski definition) is 5. The molecule has 2 aliphatic rings. The molecule has 3 heterocycles. The highest BCUT2D eigenvalue weighted by molar-refractivity contribution is 7.86. The number of hydrogen-bond donors (Lipinski definition) is 0. The first-order chi connectivity index (χ1) is 10.9. The Morgan fingerprint density at radius 1 is 1.04 bits per heavy atom. The van der Waals surface area contributed by atoms with Gasteiger partial charge in [-0.15, -0.1) is 0 Å². The fourth-order valence-corrected chi connectivity index (χ4v) is 4.90. The molecular weight excluding hydrogens is 316 g/mol. The maximum Gasteiger partial charge on any atom is 0.281 e. The molecule has 3 rings (SSSR count). The molecule has 2 aliphatic heterocycles. The van der Waals surface area contributed by atoms with E-state index in [9.17, 15) is 8.42 Å². The van der Waals surface area contributed by atoms with Crippen LogP contribution in [0.1, 0.15) is 37.2 Å². The molecule has 8 heteroatoms. The van der Waals surface area contributed by atoms with Crippen molar-refractivity contribution in [3.8, 4) is 5.88 Å². The Labute approximate surface area is 137 Å². The molecule has 128 valence electrons. The van der Waals surface area contributed by atoms with Gasteiger partial charge in [-0.05, 0) is 39.5 Å². The van der Waals surface area contributed by atoms with Crippen LogP contribution >= 0.6 is 0 Å². The number of ether oxygens (including phenoxy) is 1. The maximum atomic E-state index is 12.5. The fraction of sp³-hybridized carbons (Fsp3) is 0.733. The van der Waals surface area contributed by atoms with Crippen LogP contribution in [0.4, 0.5) is 0 Å². The summed E-state index contributed by atoms with van der Waals surface area (Å²) in [6, 6.07) is 1.82. The first-order valence-electron chi connectivity index (χ1n) is 8.19. The van der Waals surface area contributed by atoms with E-state index >= 15 is 0 Å². The van der Waals surface area contributed by atoms with E-state index in [0.29, 0.717) is 50.7 Å². The second kappa shape index (κ2) is 6.70. The summed E-state index contributed by atoms with van der Waals surface area (Å²) < 4.78 is 34.2. The molecule has 7 nitrogen and oxygen atoms in total. The lowest BCUT2D eigenvalue weighted by atomic mass is 10.1. The van der Waals surface area contributed by atoms with Crippen molar-refractivity contribution in [3.05, 3.63) is 17.6 Å². The van der Waals surface area contributed by atoms with Crippen LogP contribution in [-0.2, 0) is 10.2 Å². The number of nitrogens with zero attached hydrogens (tertiary/aromatic N) is 4. The van der Waals surface area contributed by atoms with E-state index in [0.717, 1.165) is 18.5 Å². The van der Waals surface area contributed by atoms with Crippen molar-refractivity contribution in [2.24, 2.45) is 0 Å². The average Bonchev–Trinajstić information content (AvgIpc) is 3.01. The van der Waals surface area contributed by atoms with Crippen molar-refractivity contribution in [1.82, 2.24) is 18.6 Å². The lowest BCUT2D eigenvalue weighted by Crippen LogP contribution is -2.47. The zero-order chi connectivity index (χ0) is 16.4. The molecule has 0 unspecified atom stereocenters. The van der Waals surface area contributed by atoms with E-state index < -0.39 is 10.2 Å². The monoisotopic (exact) mass is 340 g/mol. The van der Waals surface area contributed by atoms with Gasteiger partial charge in [0.25, 0.3) is 10.2 Å². The molecule has 0 amide bonds. The van der Waals surface area contributed by atoms with Crippen molar-refractivity contribution < 1.29 is 13.2 Å². The molecule has 0 spiro atoms. The van der Waals surface area contributed by atoms with E-state index in [1.807, 2.05) is 19.9 Å². The smallest absolute Gasteiger partial charge is 0.281 e. The third-order valence-electron chi connectivity index (χ3n) is 4.35. The van der Waals surface area contributed by atoms with Gasteiger partial charge in [-0.3, -0.25) is 0 Å². The van der Waals surface area contributed by atoms with E-state index in [1.165, 1.54) is 0 Å². The quantitative estimate of drug-likeness (QED) is 0.825. The van der Waals surface area contributed by atoms with Crippen LogP contribution in [0.5, 0.6) is 5.88 Å². The SMILES string of the molecule is Cc1cc(OC2CCN(S(=O)(=O)N3CCCC3)CC2)nc(C)n1. The zero-order valence-corrected chi connectivity index (χ0v) is 14.5. The average molecular weight is 340 g/mol. The Bertz CT molecular complexity index is 630. The molecule has 23 heavy (non-hydrogen) atoms. The zero-order valence-electron chi connectivity index (χ0n) is 13.7. The number of aromatic nitrogens is 2. The van der Waals surface area contributed by atoms with Gasteiger partial charge in [0.2, 0.25) is 5.88 Å². The fourth-order valence-electron chi connectivity index (χ4n) is 3.18. The standard InChI is InChI=1S/C15H24N4O3S/c1-12-11-15(17-13(2)16-12)22-14-5-9-19(10-6-14)23(20,21)18-7-3-4-8-18/h11,14H,3-10H2,1-2H3. The van der Waals surface area contributed by atoms with Gasteiger partial charge >= 0.3 is 0 Å². The Morgan fingerprint density at radius 3 is 2.26 bits per heavy atom. The van der Waals surface area contributed by atoms with E-state index in [4.69, 9.17) is 4.74 Å². The van der Waals surface area contributed by atoms with Gasteiger partial charge in [0.05, 0.1) is 0 Å². The third-order valence-corrected chi connectivity index (χ3v) is 6.38. The molecule has 1 aromatic heterocycles. The molecule has 0 aliphatic carbocycles. The second-order valence-corrected chi connectivity index (χ2v) is 8.15. The van der Waals surface area contributed by atoms with Crippen LogP contribution in [0.15, 0.2) is 6.07 Å². The third kappa shape index (κ3) is 3.81. The summed E-state index contributed by atoms with van der Waals surface area (Å²) >= 11 is 0. The van der Waals surface area contributed by atoms with Gasteiger partial charge in [-0.25, -0.2) is 4.98 Å². The molecule has 2 fully saturated rings. The summed E-state index contributed by atoms with van der Waals surface area (Å²) in [6.07, 6.45) is 3.31. The van der Waals surface area contributed by atoms with Crippen LogP contribution in [0.3, 0.4) is 0 Å².